The van der Waals surface area contributed by atoms with Gasteiger partial charge >= 0.3 is 0 Å². The van der Waals surface area contributed by atoms with Gasteiger partial charge in [0.05, 0.1) is 0 Å². The molecule has 0 radical (unpaired) electrons. The standard InChI is InChI=1S/C12H16/c1-2-6-12-8-4-3-7-11(5-1)9-10-12/h1-2,5,9-10,12H,3-4,6-8H2. The number of rotatable bonds is 0. The molecule has 0 saturated carbocycles. The van der Waals surface area contributed by atoms with Gasteiger partial charge in [0, 0.05) is 0 Å². The predicted molar refractivity (Wildman–Crippen MR) is 52.9 cm³/mol. The van der Waals surface area contributed by atoms with Crippen LogP contribution in [0.15, 0.2) is 36.0 Å². The van der Waals surface area contributed by atoms with Crippen molar-refractivity contribution in [2.24, 2.45) is 5.92 Å². The van der Waals surface area contributed by atoms with E-state index in [0.29, 0.717) is 0 Å². The maximum Gasteiger partial charge on any atom is -0.0196 e. The summed E-state index contributed by atoms with van der Waals surface area (Å²) in [5.41, 5.74) is 1.51. The summed E-state index contributed by atoms with van der Waals surface area (Å²) in [6.07, 6.45) is 18.2. The maximum atomic E-state index is 2.40. The first-order chi connectivity index (χ1) is 5.95. The van der Waals surface area contributed by atoms with Gasteiger partial charge in [-0.3, -0.25) is 0 Å². The zero-order valence-electron chi connectivity index (χ0n) is 7.50. The van der Waals surface area contributed by atoms with Crippen LogP contribution in [0, 0.1) is 5.92 Å². The van der Waals surface area contributed by atoms with Crippen LogP contribution in [0.3, 0.4) is 0 Å². The second-order valence-corrected chi connectivity index (χ2v) is 3.77. The summed E-state index contributed by atoms with van der Waals surface area (Å²) in [6, 6.07) is 0. The number of hydrogen-bond acceptors (Lipinski definition) is 0. The van der Waals surface area contributed by atoms with E-state index in [1.807, 2.05) is 0 Å². The lowest BCUT2D eigenvalue weighted by Gasteiger charge is -2.15. The molecule has 2 rings (SSSR count). The quantitative estimate of drug-likeness (QED) is 0.507. The SMILES string of the molecule is C1=CCC2C=CC(=C1)CCCC2. The summed E-state index contributed by atoms with van der Waals surface area (Å²) in [5, 5.41) is 0. The van der Waals surface area contributed by atoms with E-state index in [4.69, 9.17) is 0 Å². The average molecular weight is 160 g/mol. The molecule has 0 aliphatic heterocycles. The highest BCUT2D eigenvalue weighted by atomic mass is 14.1. The molecule has 2 aliphatic carbocycles. The van der Waals surface area contributed by atoms with E-state index in [-0.39, 0.29) is 0 Å². The van der Waals surface area contributed by atoms with Crippen LogP contribution in [-0.4, -0.2) is 0 Å². The molecule has 0 spiro atoms. The van der Waals surface area contributed by atoms with Gasteiger partial charge in [0.2, 0.25) is 0 Å². The third kappa shape index (κ3) is 1.88. The lowest BCUT2D eigenvalue weighted by molar-refractivity contribution is 0.540. The Morgan fingerprint density at radius 2 is 2.25 bits per heavy atom. The van der Waals surface area contributed by atoms with Crippen molar-refractivity contribution in [1.29, 1.82) is 0 Å². The second-order valence-electron chi connectivity index (χ2n) is 3.77. The molecule has 0 nitrogen and oxygen atoms in total. The van der Waals surface area contributed by atoms with Crippen LogP contribution in [0.2, 0.25) is 0 Å². The van der Waals surface area contributed by atoms with Crippen molar-refractivity contribution >= 4 is 0 Å². The summed E-state index contributed by atoms with van der Waals surface area (Å²) in [5.74, 6) is 0.810. The number of hydrogen-bond donors (Lipinski definition) is 0. The summed E-state index contributed by atoms with van der Waals surface area (Å²) in [4.78, 5) is 0. The van der Waals surface area contributed by atoms with Gasteiger partial charge < -0.3 is 0 Å². The molecule has 2 bridgehead atoms. The number of fused-ring (bicyclic) bond motifs is 2. The van der Waals surface area contributed by atoms with Gasteiger partial charge in [0.15, 0.2) is 0 Å². The summed E-state index contributed by atoms with van der Waals surface area (Å²) >= 11 is 0. The maximum absolute atomic E-state index is 2.40. The highest BCUT2D eigenvalue weighted by Gasteiger charge is 2.07. The molecule has 0 saturated heterocycles. The fraction of sp³-hybridized carbons (Fsp3) is 0.500. The van der Waals surface area contributed by atoms with Gasteiger partial charge in [-0.15, -0.1) is 0 Å². The van der Waals surface area contributed by atoms with Gasteiger partial charge in [0.25, 0.3) is 0 Å². The van der Waals surface area contributed by atoms with Crippen LogP contribution < -0.4 is 0 Å². The third-order valence-electron chi connectivity index (χ3n) is 2.76. The van der Waals surface area contributed by atoms with E-state index in [1.165, 1.54) is 37.7 Å². The smallest absolute Gasteiger partial charge is 0.0196 e. The minimum Gasteiger partial charge on any atom is -0.0839 e. The lowest BCUT2D eigenvalue weighted by Crippen LogP contribution is -1.99. The molecule has 1 unspecified atom stereocenters. The van der Waals surface area contributed by atoms with Crippen LogP contribution in [0.4, 0.5) is 0 Å². The van der Waals surface area contributed by atoms with Crippen molar-refractivity contribution in [1.82, 2.24) is 0 Å². The summed E-state index contributed by atoms with van der Waals surface area (Å²) in [7, 11) is 0. The molecule has 0 aromatic rings. The minimum atomic E-state index is 0.810. The molecular formula is C12H16. The Bertz CT molecular complexity index is 230. The van der Waals surface area contributed by atoms with Crippen molar-refractivity contribution in [2.75, 3.05) is 0 Å². The largest absolute Gasteiger partial charge is 0.0839 e. The molecule has 12 heavy (non-hydrogen) atoms. The number of allylic oxidation sites excluding steroid dienone is 6. The van der Waals surface area contributed by atoms with Gasteiger partial charge in [-0.2, -0.15) is 0 Å². The zero-order chi connectivity index (χ0) is 8.23. The first-order valence-electron chi connectivity index (χ1n) is 4.99. The molecule has 0 aromatic heterocycles. The molecule has 0 heterocycles. The molecule has 0 aromatic carbocycles. The zero-order valence-corrected chi connectivity index (χ0v) is 7.50. The van der Waals surface area contributed by atoms with E-state index in [1.54, 1.807) is 0 Å². The average Bonchev–Trinajstić information content (AvgIpc) is 2.03. The molecule has 2 aliphatic rings. The molecule has 0 amide bonds. The van der Waals surface area contributed by atoms with E-state index >= 15 is 0 Å². The van der Waals surface area contributed by atoms with Gasteiger partial charge in [-0.05, 0) is 37.2 Å². The highest BCUT2D eigenvalue weighted by molar-refractivity contribution is 5.26. The Hall–Kier alpha value is -0.780. The van der Waals surface area contributed by atoms with Crippen LogP contribution >= 0.6 is 0 Å². The summed E-state index contributed by atoms with van der Waals surface area (Å²) in [6.45, 7) is 0. The molecule has 0 heteroatoms. The first kappa shape index (κ1) is 7.85. The van der Waals surface area contributed by atoms with Crippen LogP contribution in [-0.2, 0) is 0 Å². The van der Waals surface area contributed by atoms with E-state index in [0.717, 1.165) is 5.92 Å². The highest BCUT2D eigenvalue weighted by Crippen LogP contribution is 2.24. The molecular weight excluding hydrogens is 144 g/mol. The fourth-order valence-electron chi connectivity index (χ4n) is 1.96. The summed E-state index contributed by atoms with van der Waals surface area (Å²) < 4.78 is 0. The Balaban J connectivity index is 2.23. The van der Waals surface area contributed by atoms with Gasteiger partial charge in [-0.1, -0.05) is 36.8 Å². The van der Waals surface area contributed by atoms with E-state index in [2.05, 4.69) is 30.4 Å². The first-order valence-corrected chi connectivity index (χ1v) is 4.99. The van der Waals surface area contributed by atoms with Crippen LogP contribution in [0.25, 0.3) is 0 Å². The normalized spacial score (nSPS) is 28.7. The van der Waals surface area contributed by atoms with Crippen molar-refractivity contribution in [3.63, 3.8) is 0 Å². The Labute approximate surface area is 74.7 Å². The molecule has 0 N–H and O–H groups in total. The van der Waals surface area contributed by atoms with Gasteiger partial charge in [-0.25, -0.2) is 0 Å². The Morgan fingerprint density at radius 1 is 1.25 bits per heavy atom. The molecule has 0 fully saturated rings. The van der Waals surface area contributed by atoms with Crippen molar-refractivity contribution in [3.8, 4) is 0 Å². The van der Waals surface area contributed by atoms with E-state index in [9.17, 15) is 0 Å². The second kappa shape index (κ2) is 3.75. The minimum absolute atomic E-state index is 0.810. The van der Waals surface area contributed by atoms with Crippen molar-refractivity contribution in [2.45, 2.75) is 32.1 Å². The van der Waals surface area contributed by atoms with Crippen molar-refractivity contribution < 1.29 is 0 Å². The van der Waals surface area contributed by atoms with Crippen LogP contribution in [0.5, 0.6) is 0 Å². The Morgan fingerprint density at radius 3 is 3.25 bits per heavy atom. The lowest BCUT2D eigenvalue weighted by atomic mass is 9.90. The van der Waals surface area contributed by atoms with E-state index < -0.39 is 0 Å². The predicted octanol–water partition coefficient (Wildman–Crippen LogP) is 3.62. The molecule has 64 valence electrons. The third-order valence-corrected chi connectivity index (χ3v) is 2.76. The topological polar surface area (TPSA) is 0 Å². The van der Waals surface area contributed by atoms with Crippen molar-refractivity contribution in [3.05, 3.63) is 36.0 Å². The molecule has 1 atom stereocenters. The van der Waals surface area contributed by atoms with Crippen LogP contribution in [0.1, 0.15) is 32.1 Å². The van der Waals surface area contributed by atoms with Gasteiger partial charge in [0.1, 0.15) is 0 Å². The Kier molecular flexibility index (Phi) is 2.45. The fourth-order valence-corrected chi connectivity index (χ4v) is 1.96. The monoisotopic (exact) mass is 160 g/mol.